The molecule has 0 unspecified atom stereocenters. The molecule has 0 radical (unpaired) electrons. The zero-order valence-corrected chi connectivity index (χ0v) is 14.5. The maximum Gasteiger partial charge on any atom is 0.333 e. The van der Waals surface area contributed by atoms with Crippen LogP contribution in [0.15, 0.2) is 23.3 Å². The van der Waals surface area contributed by atoms with Crippen LogP contribution in [0.25, 0.3) is 0 Å². The van der Waals surface area contributed by atoms with Crippen molar-refractivity contribution in [3.8, 4) is 0 Å². The van der Waals surface area contributed by atoms with E-state index in [0.29, 0.717) is 30.5 Å². The number of aliphatic carboxylic acids is 1. The smallest absolute Gasteiger partial charge is 0.333 e. The molecular weight excluding hydrogens is 302 g/mol. The summed E-state index contributed by atoms with van der Waals surface area (Å²) in [5, 5.41) is 11.2. The van der Waals surface area contributed by atoms with Crippen molar-refractivity contribution in [2.75, 3.05) is 27.3 Å². The first-order valence-corrected chi connectivity index (χ1v) is 7.14. The Hall–Kier alpha value is -2.15. The van der Waals surface area contributed by atoms with Crippen molar-refractivity contribution in [1.82, 2.24) is 5.32 Å². The predicted octanol–water partition coefficient (Wildman–Crippen LogP) is 1.69. The first kappa shape index (κ1) is 23.1. The molecule has 0 atom stereocenters. The number of nitrogens with one attached hydrogen (secondary N) is 1. The van der Waals surface area contributed by atoms with Crippen molar-refractivity contribution in [2.24, 2.45) is 0 Å². The maximum absolute atomic E-state index is 11.3. The van der Waals surface area contributed by atoms with Crippen LogP contribution in [0, 0.1) is 0 Å². The van der Waals surface area contributed by atoms with Gasteiger partial charge in [-0.1, -0.05) is 19.1 Å². The van der Waals surface area contributed by atoms with E-state index in [4.69, 9.17) is 5.11 Å². The van der Waals surface area contributed by atoms with Crippen molar-refractivity contribution < 1.29 is 29.0 Å². The van der Waals surface area contributed by atoms with E-state index in [1.165, 1.54) is 14.2 Å². The minimum absolute atomic E-state index is 0.0625. The first-order valence-electron chi connectivity index (χ1n) is 7.14. The van der Waals surface area contributed by atoms with Gasteiger partial charge in [0.1, 0.15) is 0 Å². The maximum atomic E-state index is 11.3. The number of ether oxygens (including phenoxy) is 2. The molecule has 0 aromatic heterocycles. The summed E-state index contributed by atoms with van der Waals surface area (Å²) < 4.78 is 8.93. The Labute approximate surface area is 137 Å². The van der Waals surface area contributed by atoms with Crippen LogP contribution in [-0.2, 0) is 23.9 Å². The quantitative estimate of drug-likeness (QED) is 0.397. The van der Waals surface area contributed by atoms with Crippen molar-refractivity contribution >= 4 is 17.9 Å². The molecule has 23 heavy (non-hydrogen) atoms. The molecule has 0 aliphatic rings. The molecule has 7 nitrogen and oxygen atoms in total. The molecule has 132 valence electrons. The van der Waals surface area contributed by atoms with Gasteiger partial charge >= 0.3 is 17.9 Å². The van der Waals surface area contributed by atoms with Crippen LogP contribution < -0.4 is 5.32 Å². The van der Waals surface area contributed by atoms with Gasteiger partial charge < -0.3 is 19.9 Å². The molecule has 0 bridgehead atoms. The number of carbonyl (C=O) groups is 3. The number of hydrogen-bond donors (Lipinski definition) is 2. The molecule has 2 N–H and O–H groups in total. The second-order valence-electron chi connectivity index (χ2n) is 4.70. The van der Waals surface area contributed by atoms with Gasteiger partial charge in [-0.15, -0.1) is 0 Å². The zero-order valence-electron chi connectivity index (χ0n) is 14.5. The molecule has 0 heterocycles. The molecule has 0 rings (SSSR count). The zero-order chi connectivity index (χ0) is 18.4. The van der Waals surface area contributed by atoms with E-state index < -0.39 is 5.97 Å². The second kappa shape index (κ2) is 13.5. The van der Waals surface area contributed by atoms with Crippen LogP contribution in [-0.4, -0.2) is 50.3 Å². The van der Waals surface area contributed by atoms with Gasteiger partial charge in [-0.25, -0.2) is 9.59 Å². The van der Waals surface area contributed by atoms with Gasteiger partial charge in [0.15, 0.2) is 0 Å². The standard InChI is InChI=1S/C11H19NO4.C5H8O2/c1-4-9(11(15)16-3)8(2)5-6-12-7-10(13)14;1-4(2)5(6)7-3/h12H,4-7H2,1-3H3,(H,13,14);1H2,2-3H3. The van der Waals surface area contributed by atoms with E-state index in [-0.39, 0.29) is 18.5 Å². The topological polar surface area (TPSA) is 102 Å². The molecule has 0 aromatic rings. The summed E-state index contributed by atoms with van der Waals surface area (Å²) in [5.74, 6) is -1.54. The number of hydrogen-bond acceptors (Lipinski definition) is 6. The molecule has 0 saturated heterocycles. The predicted molar refractivity (Wildman–Crippen MR) is 87.0 cm³/mol. The molecule has 0 fully saturated rings. The van der Waals surface area contributed by atoms with Crippen molar-refractivity contribution in [1.29, 1.82) is 0 Å². The van der Waals surface area contributed by atoms with Crippen LogP contribution >= 0.6 is 0 Å². The average Bonchev–Trinajstić information content (AvgIpc) is 2.51. The Morgan fingerprint density at radius 3 is 1.91 bits per heavy atom. The highest BCUT2D eigenvalue weighted by atomic mass is 16.5. The lowest BCUT2D eigenvalue weighted by molar-refractivity contribution is -0.137. The highest BCUT2D eigenvalue weighted by Crippen LogP contribution is 2.12. The highest BCUT2D eigenvalue weighted by molar-refractivity contribution is 5.89. The summed E-state index contributed by atoms with van der Waals surface area (Å²) in [5.41, 5.74) is 2.04. The molecule has 0 aliphatic carbocycles. The van der Waals surface area contributed by atoms with Crippen molar-refractivity contribution in [3.63, 3.8) is 0 Å². The van der Waals surface area contributed by atoms with Crippen LogP contribution in [0.3, 0.4) is 0 Å². The third-order valence-corrected chi connectivity index (χ3v) is 2.79. The molecule has 0 saturated carbocycles. The van der Waals surface area contributed by atoms with E-state index in [9.17, 15) is 14.4 Å². The SMILES string of the molecule is C=C(C)C(=O)OC.CCC(C(=O)OC)=C(C)CCNCC(=O)O. The number of carboxylic acid groups (broad SMARTS) is 1. The van der Waals surface area contributed by atoms with E-state index in [1.807, 2.05) is 13.8 Å². The summed E-state index contributed by atoms with van der Waals surface area (Å²) in [6.07, 6.45) is 1.27. The largest absolute Gasteiger partial charge is 0.480 e. The fraction of sp³-hybridized carbons (Fsp3) is 0.562. The summed E-state index contributed by atoms with van der Waals surface area (Å²) in [6, 6.07) is 0. The molecule has 0 aromatic carbocycles. The number of esters is 2. The van der Waals surface area contributed by atoms with Crippen LogP contribution in [0.5, 0.6) is 0 Å². The lowest BCUT2D eigenvalue weighted by atomic mass is 10.0. The summed E-state index contributed by atoms with van der Waals surface area (Å²) >= 11 is 0. The highest BCUT2D eigenvalue weighted by Gasteiger charge is 2.10. The van der Waals surface area contributed by atoms with Crippen LogP contribution in [0.1, 0.15) is 33.6 Å². The number of rotatable bonds is 8. The number of carboxylic acids is 1. The molecular formula is C16H27NO6. The second-order valence-corrected chi connectivity index (χ2v) is 4.70. The van der Waals surface area contributed by atoms with Gasteiger partial charge in [0, 0.05) is 11.1 Å². The Balaban J connectivity index is 0. The lowest BCUT2D eigenvalue weighted by Crippen LogP contribution is -2.23. The van der Waals surface area contributed by atoms with E-state index in [2.05, 4.69) is 21.4 Å². The minimum atomic E-state index is -0.884. The van der Waals surface area contributed by atoms with Crippen molar-refractivity contribution in [3.05, 3.63) is 23.3 Å². The van der Waals surface area contributed by atoms with Gasteiger partial charge in [0.2, 0.25) is 0 Å². The Morgan fingerprint density at radius 1 is 1.09 bits per heavy atom. The van der Waals surface area contributed by atoms with Crippen LogP contribution in [0.4, 0.5) is 0 Å². The van der Waals surface area contributed by atoms with Gasteiger partial charge in [-0.05, 0) is 33.2 Å². The third kappa shape index (κ3) is 12.1. The van der Waals surface area contributed by atoms with Crippen LogP contribution in [0.2, 0.25) is 0 Å². The summed E-state index contributed by atoms with van der Waals surface area (Å²) in [6.45, 7) is 9.18. The van der Waals surface area contributed by atoms with Gasteiger partial charge in [0.05, 0.1) is 20.8 Å². The Morgan fingerprint density at radius 2 is 1.61 bits per heavy atom. The molecule has 0 spiro atoms. The minimum Gasteiger partial charge on any atom is -0.480 e. The number of carbonyl (C=O) groups excluding carboxylic acids is 2. The number of methoxy groups -OCH3 is 2. The molecule has 0 amide bonds. The summed E-state index contributed by atoms with van der Waals surface area (Å²) in [4.78, 5) is 31.8. The first-order chi connectivity index (χ1) is 10.7. The third-order valence-electron chi connectivity index (χ3n) is 2.79. The molecule has 7 heteroatoms. The average molecular weight is 329 g/mol. The Kier molecular flexibility index (Phi) is 13.6. The van der Waals surface area contributed by atoms with Gasteiger partial charge in [-0.3, -0.25) is 4.79 Å². The van der Waals surface area contributed by atoms with E-state index >= 15 is 0 Å². The monoisotopic (exact) mass is 329 g/mol. The van der Waals surface area contributed by atoms with Gasteiger partial charge in [0.25, 0.3) is 0 Å². The fourth-order valence-electron chi connectivity index (χ4n) is 1.54. The van der Waals surface area contributed by atoms with E-state index in [1.54, 1.807) is 6.92 Å². The fourth-order valence-corrected chi connectivity index (χ4v) is 1.54. The van der Waals surface area contributed by atoms with Gasteiger partial charge in [-0.2, -0.15) is 0 Å². The normalized spacial score (nSPS) is 10.7. The Bertz CT molecular complexity index is 453. The van der Waals surface area contributed by atoms with E-state index in [0.717, 1.165) is 5.57 Å². The lowest BCUT2D eigenvalue weighted by Gasteiger charge is -2.08. The molecule has 0 aliphatic heterocycles. The summed E-state index contributed by atoms with van der Waals surface area (Å²) in [7, 11) is 2.69. The van der Waals surface area contributed by atoms with Crippen molar-refractivity contribution in [2.45, 2.75) is 33.6 Å².